The molecule has 37 heavy (non-hydrogen) atoms. The molecule has 5 aliphatic rings. The van der Waals surface area contributed by atoms with E-state index in [2.05, 4.69) is 6.58 Å². The Hall–Kier alpha value is -2.13. The molecule has 2 spiro atoms. The number of rotatable bonds is 2. The predicted octanol–water partition coefficient (Wildman–Crippen LogP) is 3.72. The van der Waals surface area contributed by atoms with Gasteiger partial charge in [0.15, 0.2) is 17.8 Å². The Labute approximate surface area is 217 Å². The molecule has 4 aliphatic carbocycles. The fraction of sp³-hybridized carbons (Fsp3) is 0.690. The molecule has 6 rings (SSSR count). The van der Waals surface area contributed by atoms with Crippen LogP contribution in [0.15, 0.2) is 30.4 Å². The van der Waals surface area contributed by atoms with E-state index in [0.717, 1.165) is 18.4 Å². The monoisotopic (exact) mass is 514 g/mol. The highest BCUT2D eigenvalue weighted by Crippen LogP contribution is 2.72. The molecule has 2 bridgehead atoms. The minimum absolute atomic E-state index is 0.0148. The minimum Gasteiger partial charge on any atom is -0.504 e. The first-order chi connectivity index (χ1) is 17.2. The molecular formula is C29H38O8. The maximum absolute atomic E-state index is 12.3. The smallest absolute Gasteiger partial charge is 0.302 e. The van der Waals surface area contributed by atoms with E-state index in [-0.39, 0.29) is 35.2 Å². The highest BCUT2D eigenvalue weighted by molar-refractivity contribution is 5.66. The van der Waals surface area contributed by atoms with E-state index in [1.807, 2.05) is 20.8 Å². The lowest BCUT2D eigenvalue weighted by Gasteiger charge is -2.47. The fourth-order valence-electron chi connectivity index (χ4n) is 9.16. The van der Waals surface area contributed by atoms with Crippen LogP contribution in [0.25, 0.3) is 0 Å². The van der Waals surface area contributed by atoms with Gasteiger partial charge >= 0.3 is 5.97 Å². The predicted molar refractivity (Wildman–Crippen MR) is 132 cm³/mol. The summed E-state index contributed by atoms with van der Waals surface area (Å²) in [6.07, 6.45) is 0.525. The first kappa shape index (κ1) is 25.2. The second-order valence-corrected chi connectivity index (χ2v) is 13.0. The van der Waals surface area contributed by atoms with Crippen LogP contribution in [0.3, 0.4) is 0 Å². The van der Waals surface area contributed by atoms with Crippen LogP contribution in [0.1, 0.15) is 71.7 Å². The number of carbonyl (C=O) groups excluding carboxylic acids is 1. The third-order valence-electron chi connectivity index (χ3n) is 10.8. The molecule has 1 aliphatic heterocycles. The quantitative estimate of drug-likeness (QED) is 0.267. The molecule has 1 heterocycles. The highest BCUT2D eigenvalue weighted by Gasteiger charge is 2.76. The van der Waals surface area contributed by atoms with Crippen LogP contribution in [0.4, 0.5) is 0 Å². The van der Waals surface area contributed by atoms with Crippen molar-refractivity contribution in [2.75, 3.05) is 0 Å². The van der Waals surface area contributed by atoms with Crippen LogP contribution in [0.2, 0.25) is 0 Å². The third-order valence-corrected chi connectivity index (χ3v) is 10.8. The molecule has 1 aromatic carbocycles. The zero-order chi connectivity index (χ0) is 26.7. The van der Waals surface area contributed by atoms with E-state index in [9.17, 15) is 25.2 Å². The molecule has 4 N–H and O–H groups in total. The molecular weight excluding hydrogens is 476 g/mol. The molecule has 8 heteroatoms. The maximum atomic E-state index is 12.3. The molecule has 10 atom stereocenters. The Balaban J connectivity index is 1.50. The van der Waals surface area contributed by atoms with Gasteiger partial charge in [-0.2, -0.15) is 0 Å². The van der Waals surface area contributed by atoms with Crippen molar-refractivity contribution in [2.45, 2.75) is 95.6 Å². The van der Waals surface area contributed by atoms with Crippen molar-refractivity contribution in [3.8, 4) is 11.5 Å². The summed E-state index contributed by atoms with van der Waals surface area (Å²) in [6, 6.07) is 4.49. The Kier molecular flexibility index (Phi) is 5.25. The van der Waals surface area contributed by atoms with Crippen molar-refractivity contribution in [3.05, 3.63) is 35.9 Å². The number of aliphatic hydroxyl groups excluding tert-OH is 1. The van der Waals surface area contributed by atoms with Gasteiger partial charge in [-0.3, -0.25) is 4.79 Å². The fourth-order valence-corrected chi connectivity index (χ4v) is 9.16. The summed E-state index contributed by atoms with van der Waals surface area (Å²) >= 11 is 0. The molecule has 5 fully saturated rings. The molecule has 0 aromatic heterocycles. The SMILES string of the molecule is C=C1C2CCC3C(OC(C)=O)C2(CC2OC(c4ccc(O)c(O)c4)OC24C1CC(O)C4(C)C)CC3(C)O. The summed E-state index contributed by atoms with van der Waals surface area (Å²) in [7, 11) is 0. The molecule has 202 valence electrons. The second kappa shape index (κ2) is 7.72. The molecule has 1 aromatic rings. The summed E-state index contributed by atoms with van der Waals surface area (Å²) in [4.78, 5) is 12.3. The van der Waals surface area contributed by atoms with Gasteiger partial charge in [-0.1, -0.05) is 32.1 Å². The van der Waals surface area contributed by atoms with Crippen molar-refractivity contribution < 1.29 is 39.4 Å². The lowest BCUT2D eigenvalue weighted by molar-refractivity contribution is -0.165. The average molecular weight is 515 g/mol. The van der Waals surface area contributed by atoms with Gasteiger partial charge in [-0.05, 0) is 57.1 Å². The van der Waals surface area contributed by atoms with Crippen LogP contribution < -0.4 is 0 Å². The first-order valence-electron chi connectivity index (χ1n) is 13.4. The van der Waals surface area contributed by atoms with Gasteiger partial charge in [-0.25, -0.2) is 0 Å². The minimum atomic E-state index is -1.00. The number of aromatic hydroxyl groups is 2. The van der Waals surface area contributed by atoms with Crippen LogP contribution in [-0.2, 0) is 19.0 Å². The number of esters is 1. The van der Waals surface area contributed by atoms with Gasteiger partial charge < -0.3 is 34.6 Å². The molecule has 10 unspecified atom stereocenters. The Bertz CT molecular complexity index is 1160. The third kappa shape index (κ3) is 3.13. The summed E-state index contributed by atoms with van der Waals surface area (Å²) in [5, 5.41) is 42.8. The zero-order valence-electron chi connectivity index (χ0n) is 21.9. The first-order valence-corrected chi connectivity index (χ1v) is 13.4. The summed E-state index contributed by atoms with van der Waals surface area (Å²) < 4.78 is 19.6. The van der Waals surface area contributed by atoms with Gasteiger partial charge in [0.25, 0.3) is 0 Å². The van der Waals surface area contributed by atoms with E-state index in [1.54, 1.807) is 6.07 Å². The van der Waals surface area contributed by atoms with Crippen LogP contribution in [-0.4, -0.2) is 55.9 Å². The van der Waals surface area contributed by atoms with E-state index in [0.29, 0.717) is 24.8 Å². The average Bonchev–Trinajstić information content (AvgIpc) is 3.28. The van der Waals surface area contributed by atoms with Gasteiger partial charge in [0.05, 0.1) is 17.8 Å². The summed E-state index contributed by atoms with van der Waals surface area (Å²) in [5.74, 6) is -1.27. The van der Waals surface area contributed by atoms with E-state index >= 15 is 0 Å². The van der Waals surface area contributed by atoms with E-state index in [4.69, 9.17) is 14.2 Å². The maximum Gasteiger partial charge on any atom is 0.302 e. The molecule has 1 saturated heterocycles. The van der Waals surface area contributed by atoms with Gasteiger partial charge in [0.1, 0.15) is 11.7 Å². The number of aliphatic hydroxyl groups is 2. The molecule has 0 radical (unpaired) electrons. The Morgan fingerprint density at radius 1 is 1.14 bits per heavy atom. The molecule has 4 saturated carbocycles. The largest absolute Gasteiger partial charge is 0.504 e. The van der Waals surface area contributed by atoms with Gasteiger partial charge in [0.2, 0.25) is 0 Å². The lowest BCUT2D eigenvalue weighted by atomic mass is 9.61. The number of ether oxygens (including phenoxy) is 3. The lowest BCUT2D eigenvalue weighted by Crippen LogP contribution is -2.55. The highest BCUT2D eigenvalue weighted by atomic mass is 16.7. The van der Waals surface area contributed by atoms with Gasteiger partial charge in [-0.15, -0.1) is 0 Å². The number of phenols is 2. The number of phenolic OH excluding ortho intramolecular Hbond substituents is 2. The normalized spacial score (nSPS) is 47.6. The van der Waals surface area contributed by atoms with Crippen molar-refractivity contribution in [1.82, 2.24) is 0 Å². The van der Waals surface area contributed by atoms with Crippen LogP contribution in [0.5, 0.6) is 11.5 Å². The second-order valence-electron chi connectivity index (χ2n) is 13.0. The standard InChI is InChI=1S/C29H38O8/c1-14-17-7-8-18-24(35-15(2)30)28(17,13-27(18,5)34)12-23-29(19(14)11-22(33)26(29,3)4)37-25(36-23)16-6-9-20(31)21(32)10-16/h6,9-10,17-19,22-25,31-34H,1,7-8,11-13H2,2-5H3. The summed E-state index contributed by atoms with van der Waals surface area (Å²) in [5.41, 5.74) is -1.66. The number of fused-ring (bicyclic) bond motifs is 1. The molecule has 8 nitrogen and oxygen atoms in total. The van der Waals surface area contributed by atoms with Crippen molar-refractivity contribution in [3.63, 3.8) is 0 Å². The van der Waals surface area contributed by atoms with Crippen molar-refractivity contribution in [2.24, 2.45) is 28.6 Å². The van der Waals surface area contributed by atoms with Crippen molar-refractivity contribution >= 4 is 5.97 Å². The number of carbonyl (C=O) groups is 1. The Morgan fingerprint density at radius 2 is 1.86 bits per heavy atom. The number of hydrogen-bond donors (Lipinski definition) is 4. The topological polar surface area (TPSA) is 126 Å². The van der Waals surface area contributed by atoms with E-state index in [1.165, 1.54) is 19.1 Å². The summed E-state index contributed by atoms with van der Waals surface area (Å²) in [6.45, 7) is 11.9. The van der Waals surface area contributed by atoms with Crippen LogP contribution in [0, 0.1) is 28.6 Å². The number of benzene rings is 1. The number of hydrogen-bond acceptors (Lipinski definition) is 8. The van der Waals surface area contributed by atoms with Crippen molar-refractivity contribution in [1.29, 1.82) is 0 Å². The van der Waals surface area contributed by atoms with Gasteiger partial charge in [0, 0.05) is 35.2 Å². The Morgan fingerprint density at radius 3 is 2.54 bits per heavy atom. The van der Waals surface area contributed by atoms with E-state index < -0.39 is 46.6 Å². The zero-order valence-corrected chi connectivity index (χ0v) is 21.9. The molecule has 0 amide bonds. The van der Waals surface area contributed by atoms with Crippen LogP contribution >= 0.6 is 0 Å².